The van der Waals surface area contributed by atoms with Crippen molar-refractivity contribution in [3.63, 3.8) is 0 Å². The summed E-state index contributed by atoms with van der Waals surface area (Å²) in [5, 5.41) is 17.0. The lowest BCUT2D eigenvalue weighted by Gasteiger charge is -2.29. The SMILES string of the molecule is Cc1cc(CNCC2CCC(Nc3nccc(N(C)C)n3)CC2)cc(C)c1O. The molecule has 1 aliphatic carbocycles. The zero-order chi connectivity index (χ0) is 20.1. The summed E-state index contributed by atoms with van der Waals surface area (Å²) in [5.74, 6) is 2.78. The Labute approximate surface area is 168 Å². The zero-order valence-electron chi connectivity index (χ0n) is 17.5. The summed E-state index contributed by atoms with van der Waals surface area (Å²) in [4.78, 5) is 10.9. The Kier molecular flexibility index (Phi) is 6.73. The van der Waals surface area contributed by atoms with Crippen LogP contribution in [0.3, 0.4) is 0 Å². The van der Waals surface area contributed by atoms with Gasteiger partial charge in [-0.15, -0.1) is 0 Å². The summed E-state index contributed by atoms with van der Waals surface area (Å²) in [5.41, 5.74) is 3.13. The summed E-state index contributed by atoms with van der Waals surface area (Å²) in [6, 6.07) is 6.51. The van der Waals surface area contributed by atoms with Gasteiger partial charge in [-0.3, -0.25) is 0 Å². The number of benzene rings is 1. The van der Waals surface area contributed by atoms with Crippen molar-refractivity contribution in [1.29, 1.82) is 0 Å². The molecule has 152 valence electrons. The molecule has 0 aliphatic heterocycles. The molecule has 3 N–H and O–H groups in total. The smallest absolute Gasteiger partial charge is 0.224 e. The van der Waals surface area contributed by atoms with Gasteiger partial charge in [0.1, 0.15) is 11.6 Å². The Morgan fingerprint density at radius 3 is 2.43 bits per heavy atom. The molecule has 0 atom stereocenters. The molecule has 3 rings (SSSR count). The van der Waals surface area contributed by atoms with Crippen LogP contribution in [0.15, 0.2) is 24.4 Å². The summed E-state index contributed by atoms with van der Waals surface area (Å²) in [6.45, 7) is 5.81. The maximum Gasteiger partial charge on any atom is 0.224 e. The highest BCUT2D eigenvalue weighted by molar-refractivity contribution is 5.42. The predicted molar refractivity (Wildman–Crippen MR) is 115 cm³/mol. The maximum absolute atomic E-state index is 9.90. The molecule has 0 unspecified atom stereocenters. The van der Waals surface area contributed by atoms with E-state index in [0.717, 1.165) is 48.8 Å². The number of anilines is 2. The van der Waals surface area contributed by atoms with Crippen molar-refractivity contribution in [2.45, 2.75) is 52.1 Å². The van der Waals surface area contributed by atoms with Crippen LogP contribution in [0.2, 0.25) is 0 Å². The second kappa shape index (κ2) is 9.24. The molecule has 0 amide bonds. The standard InChI is InChI=1S/C22H33N5O/c1-15-11-18(12-16(2)21(15)28)14-23-13-17-5-7-19(8-6-17)25-22-24-10-9-20(26-22)27(3)4/h9-12,17,19,23,28H,5-8,13-14H2,1-4H3,(H,24,25,26). The Balaban J connectivity index is 1.41. The van der Waals surface area contributed by atoms with Crippen molar-refractivity contribution in [3.8, 4) is 5.75 Å². The van der Waals surface area contributed by atoms with Crippen molar-refractivity contribution < 1.29 is 5.11 Å². The molecule has 28 heavy (non-hydrogen) atoms. The number of rotatable bonds is 7. The Hall–Kier alpha value is -2.34. The number of hydrogen-bond donors (Lipinski definition) is 3. The van der Waals surface area contributed by atoms with Gasteiger partial charge in [-0.05, 0) is 74.8 Å². The van der Waals surface area contributed by atoms with Gasteiger partial charge in [0.25, 0.3) is 0 Å². The van der Waals surface area contributed by atoms with E-state index in [1.54, 1.807) is 0 Å². The van der Waals surface area contributed by atoms with Crippen LogP contribution in [0.25, 0.3) is 0 Å². The fourth-order valence-corrected chi connectivity index (χ4v) is 3.93. The van der Waals surface area contributed by atoms with Crippen molar-refractivity contribution in [3.05, 3.63) is 41.1 Å². The molecule has 0 spiro atoms. The third kappa shape index (κ3) is 5.35. The van der Waals surface area contributed by atoms with E-state index in [0.29, 0.717) is 17.7 Å². The van der Waals surface area contributed by atoms with E-state index in [2.05, 4.69) is 32.7 Å². The molecule has 1 saturated carbocycles. The Bertz CT molecular complexity index is 761. The fourth-order valence-electron chi connectivity index (χ4n) is 3.93. The van der Waals surface area contributed by atoms with Crippen molar-refractivity contribution in [2.75, 3.05) is 30.9 Å². The molecule has 6 heteroatoms. The van der Waals surface area contributed by atoms with Crippen LogP contribution < -0.4 is 15.5 Å². The van der Waals surface area contributed by atoms with Gasteiger partial charge in [0.2, 0.25) is 5.95 Å². The van der Waals surface area contributed by atoms with Gasteiger partial charge >= 0.3 is 0 Å². The minimum Gasteiger partial charge on any atom is -0.507 e. The Morgan fingerprint density at radius 2 is 1.79 bits per heavy atom. The second-order valence-corrected chi connectivity index (χ2v) is 8.20. The minimum atomic E-state index is 0.412. The molecular formula is C22H33N5O. The third-order valence-corrected chi connectivity index (χ3v) is 5.59. The lowest BCUT2D eigenvalue weighted by Crippen LogP contribution is -2.31. The number of aromatic nitrogens is 2. The average molecular weight is 384 g/mol. The van der Waals surface area contributed by atoms with Crippen LogP contribution in [0, 0.1) is 19.8 Å². The first-order valence-corrected chi connectivity index (χ1v) is 10.2. The highest BCUT2D eigenvalue weighted by atomic mass is 16.3. The van der Waals surface area contributed by atoms with Crippen LogP contribution in [0.1, 0.15) is 42.4 Å². The predicted octanol–water partition coefficient (Wildman–Crippen LogP) is 3.63. The average Bonchev–Trinajstić information content (AvgIpc) is 2.67. The number of aromatic hydroxyl groups is 1. The van der Waals surface area contributed by atoms with E-state index >= 15 is 0 Å². The molecule has 1 aliphatic rings. The van der Waals surface area contributed by atoms with E-state index in [-0.39, 0.29) is 0 Å². The van der Waals surface area contributed by atoms with Gasteiger partial charge in [-0.2, -0.15) is 4.98 Å². The molecule has 1 aromatic carbocycles. The lowest BCUT2D eigenvalue weighted by atomic mass is 9.86. The van der Waals surface area contributed by atoms with Crippen molar-refractivity contribution in [1.82, 2.24) is 15.3 Å². The number of hydrogen-bond acceptors (Lipinski definition) is 6. The monoisotopic (exact) mass is 383 g/mol. The molecule has 1 fully saturated rings. The van der Waals surface area contributed by atoms with Gasteiger partial charge in [-0.25, -0.2) is 4.98 Å². The van der Waals surface area contributed by atoms with E-state index in [1.807, 2.05) is 45.1 Å². The first kappa shape index (κ1) is 20.4. The summed E-state index contributed by atoms with van der Waals surface area (Å²) >= 11 is 0. The zero-order valence-corrected chi connectivity index (χ0v) is 17.5. The van der Waals surface area contributed by atoms with E-state index < -0.39 is 0 Å². The molecular weight excluding hydrogens is 350 g/mol. The third-order valence-electron chi connectivity index (χ3n) is 5.59. The van der Waals surface area contributed by atoms with E-state index in [1.165, 1.54) is 18.4 Å². The first-order valence-electron chi connectivity index (χ1n) is 10.2. The largest absolute Gasteiger partial charge is 0.507 e. The number of phenolic OH excluding ortho intramolecular Hbond substituents is 1. The van der Waals surface area contributed by atoms with Crippen LogP contribution in [0.4, 0.5) is 11.8 Å². The van der Waals surface area contributed by atoms with Gasteiger partial charge in [-0.1, -0.05) is 12.1 Å². The van der Waals surface area contributed by atoms with Crippen LogP contribution >= 0.6 is 0 Å². The molecule has 1 aromatic heterocycles. The normalized spacial score (nSPS) is 19.4. The quantitative estimate of drug-likeness (QED) is 0.678. The Morgan fingerprint density at radius 1 is 1.11 bits per heavy atom. The topological polar surface area (TPSA) is 73.3 Å². The van der Waals surface area contributed by atoms with E-state index in [9.17, 15) is 5.11 Å². The number of nitrogens with zero attached hydrogens (tertiary/aromatic N) is 3. The van der Waals surface area contributed by atoms with Crippen LogP contribution in [-0.2, 0) is 6.54 Å². The maximum atomic E-state index is 9.90. The number of phenols is 1. The summed E-state index contributed by atoms with van der Waals surface area (Å²) in [7, 11) is 3.98. The first-order chi connectivity index (χ1) is 13.4. The second-order valence-electron chi connectivity index (χ2n) is 8.20. The summed E-state index contributed by atoms with van der Waals surface area (Å²) in [6.07, 6.45) is 6.54. The molecule has 2 aromatic rings. The summed E-state index contributed by atoms with van der Waals surface area (Å²) < 4.78 is 0. The molecule has 1 heterocycles. The molecule has 6 nitrogen and oxygen atoms in total. The highest BCUT2D eigenvalue weighted by Gasteiger charge is 2.21. The molecule has 0 radical (unpaired) electrons. The van der Waals surface area contributed by atoms with Crippen LogP contribution in [0.5, 0.6) is 5.75 Å². The molecule has 0 saturated heterocycles. The molecule has 0 bridgehead atoms. The lowest BCUT2D eigenvalue weighted by molar-refractivity contribution is 0.323. The van der Waals surface area contributed by atoms with Gasteiger partial charge in [0.15, 0.2) is 0 Å². The van der Waals surface area contributed by atoms with Gasteiger partial charge in [0, 0.05) is 32.9 Å². The number of aryl methyl sites for hydroxylation is 2. The van der Waals surface area contributed by atoms with Gasteiger partial charge < -0.3 is 20.6 Å². The number of nitrogens with one attached hydrogen (secondary N) is 2. The van der Waals surface area contributed by atoms with Crippen molar-refractivity contribution >= 4 is 11.8 Å². The highest BCUT2D eigenvalue weighted by Crippen LogP contribution is 2.26. The van der Waals surface area contributed by atoms with Crippen LogP contribution in [-0.4, -0.2) is 41.8 Å². The van der Waals surface area contributed by atoms with E-state index in [4.69, 9.17) is 0 Å². The minimum absolute atomic E-state index is 0.412. The fraction of sp³-hybridized carbons (Fsp3) is 0.545. The van der Waals surface area contributed by atoms with Gasteiger partial charge in [0.05, 0.1) is 0 Å². The van der Waals surface area contributed by atoms with Crippen molar-refractivity contribution in [2.24, 2.45) is 5.92 Å².